The molecule has 1 aromatic carbocycles. The normalized spacial score (nSPS) is 14.6. The van der Waals surface area contributed by atoms with Crippen LogP contribution in [0.1, 0.15) is 26.3 Å². The van der Waals surface area contributed by atoms with Gasteiger partial charge in [-0.1, -0.05) is 39.0 Å². The molecule has 0 aliphatic carbocycles. The van der Waals surface area contributed by atoms with E-state index in [4.69, 9.17) is 5.73 Å². The highest BCUT2D eigenvalue weighted by Crippen LogP contribution is 2.23. The Hall–Kier alpha value is -0.870. The van der Waals surface area contributed by atoms with E-state index in [9.17, 15) is 8.42 Å². The van der Waals surface area contributed by atoms with Gasteiger partial charge in [0.05, 0.1) is 10.6 Å². The van der Waals surface area contributed by atoms with Crippen LogP contribution < -0.4 is 5.73 Å². The van der Waals surface area contributed by atoms with Gasteiger partial charge in [0.1, 0.15) is 0 Å². The minimum Gasteiger partial charge on any atom is -0.326 e. The lowest BCUT2D eigenvalue weighted by Gasteiger charge is -2.26. The van der Waals surface area contributed by atoms with E-state index in [2.05, 4.69) is 0 Å². The van der Waals surface area contributed by atoms with Gasteiger partial charge in [-0.15, -0.1) is 0 Å². The average Bonchev–Trinajstić information content (AvgIpc) is 2.15. The van der Waals surface area contributed by atoms with Crippen molar-refractivity contribution in [2.24, 2.45) is 11.1 Å². The first-order valence-corrected chi connectivity index (χ1v) is 7.34. The zero-order valence-corrected chi connectivity index (χ0v) is 11.7. The number of hydrogen-bond acceptors (Lipinski definition) is 3. The Kier molecular flexibility index (Phi) is 3.99. The van der Waals surface area contributed by atoms with Crippen molar-refractivity contribution >= 4 is 9.84 Å². The topological polar surface area (TPSA) is 60.2 Å². The summed E-state index contributed by atoms with van der Waals surface area (Å²) in [6.07, 6.45) is 0. The van der Waals surface area contributed by atoms with Crippen LogP contribution in [-0.4, -0.2) is 20.2 Å². The molecule has 0 aliphatic heterocycles. The zero-order chi connectivity index (χ0) is 13.3. The van der Waals surface area contributed by atoms with Crippen LogP contribution in [0.2, 0.25) is 0 Å². The molecule has 1 rings (SSSR count). The Bertz CT molecular complexity index is 486. The maximum absolute atomic E-state index is 12.2. The van der Waals surface area contributed by atoms with Crippen molar-refractivity contribution in [3.63, 3.8) is 0 Å². The predicted molar refractivity (Wildman–Crippen MR) is 70.7 cm³/mol. The number of rotatable bonds is 3. The van der Waals surface area contributed by atoms with Crippen LogP contribution in [0.5, 0.6) is 0 Å². The molecule has 1 atom stereocenters. The minimum atomic E-state index is -3.30. The van der Waals surface area contributed by atoms with E-state index >= 15 is 0 Å². The Balaban J connectivity index is 3.03. The average molecular weight is 255 g/mol. The molecule has 4 heteroatoms. The van der Waals surface area contributed by atoms with Gasteiger partial charge in [-0.3, -0.25) is 0 Å². The molecule has 1 aromatic rings. The summed E-state index contributed by atoms with van der Waals surface area (Å²) < 4.78 is 24.5. The third-order valence-corrected chi connectivity index (χ3v) is 4.87. The van der Waals surface area contributed by atoms with Crippen LogP contribution in [0.25, 0.3) is 0 Å². The van der Waals surface area contributed by atoms with Crippen LogP contribution in [0.4, 0.5) is 0 Å². The molecule has 1 unspecified atom stereocenters. The van der Waals surface area contributed by atoms with E-state index in [1.165, 1.54) is 0 Å². The summed E-state index contributed by atoms with van der Waals surface area (Å²) in [6, 6.07) is 6.64. The fourth-order valence-electron chi connectivity index (χ4n) is 1.48. The highest BCUT2D eigenvalue weighted by atomic mass is 32.2. The van der Waals surface area contributed by atoms with Gasteiger partial charge in [0, 0.05) is 6.04 Å². The van der Waals surface area contributed by atoms with Crippen molar-refractivity contribution < 1.29 is 8.42 Å². The molecule has 0 fully saturated rings. The van der Waals surface area contributed by atoms with E-state index in [0.29, 0.717) is 4.90 Å². The largest absolute Gasteiger partial charge is 0.326 e. The van der Waals surface area contributed by atoms with E-state index in [1.54, 1.807) is 25.1 Å². The first-order valence-electron chi connectivity index (χ1n) is 5.68. The molecule has 3 nitrogen and oxygen atoms in total. The molecule has 96 valence electrons. The third kappa shape index (κ3) is 3.54. The molecule has 0 saturated heterocycles. The van der Waals surface area contributed by atoms with Gasteiger partial charge < -0.3 is 5.73 Å². The van der Waals surface area contributed by atoms with Crippen LogP contribution in [0.15, 0.2) is 29.2 Å². The Morgan fingerprint density at radius 1 is 1.24 bits per heavy atom. The molecule has 0 amide bonds. The second kappa shape index (κ2) is 4.78. The van der Waals surface area contributed by atoms with Gasteiger partial charge >= 0.3 is 0 Å². The lowest BCUT2D eigenvalue weighted by atomic mass is 9.89. The fourth-order valence-corrected chi connectivity index (χ4v) is 3.48. The molecule has 2 N–H and O–H groups in total. The van der Waals surface area contributed by atoms with E-state index in [0.717, 1.165) is 5.56 Å². The molecular formula is C13H21NO2S. The molecule has 17 heavy (non-hydrogen) atoms. The lowest BCUT2D eigenvalue weighted by Crippen LogP contribution is -2.41. The molecular weight excluding hydrogens is 234 g/mol. The van der Waals surface area contributed by atoms with Crippen LogP contribution in [-0.2, 0) is 9.84 Å². The predicted octanol–water partition coefficient (Wildman–Crippen LogP) is 2.14. The Labute approximate surface area is 104 Å². The van der Waals surface area contributed by atoms with E-state index in [1.807, 2.05) is 26.8 Å². The van der Waals surface area contributed by atoms with Gasteiger partial charge in [0.15, 0.2) is 9.84 Å². The van der Waals surface area contributed by atoms with Gasteiger partial charge in [-0.05, 0) is 24.0 Å². The molecule has 0 bridgehead atoms. The Morgan fingerprint density at radius 3 is 2.24 bits per heavy atom. The highest BCUT2D eigenvalue weighted by Gasteiger charge is 2.28. The first-order chi connectivity index (χ1) is 7.64. The molecule has 0 radical (unpaired) electrons. The SMILES string of the molecule is Cc1ccccc1S(=O)(=O)CC(N)C(C)(C)C. The second-order valence-corrected chi connectivity index (χ2v) is 7.52. The van der Waals surface area contributed by atoms with Crippen molar-refractivity contribution in [3.8, 4) is 0 Å². The first kappa shape index (κ1) is 14.2. The molecule has 0 aromatic heterocycles. The summed E-state index contributed by atoms with van der Waals surface area (Å²) >= 11 is 0. The minimum absolute atomic E-state index is 0.0125. The number of benzene rings is 1. The zero-order valence-electron chi connectivity index (χ0n) is 10.9. The quantitative estimate of drug-likeness (QED) is 0.900. The summed E-state index contributed by atoms with van der Waals surface area (Å²) in [5.41, 5.74) is 6.50. The van der Waals surface area contributed by atoms with Crippen molar-refractivity contribution in [2.45, 2.75) is 38.6 Å². The van der Waals surface area contributed by atoms with Crippen LogP contribution in [0, 0.1) is 12.3 Å². The van der Waals surface area contributed by atoms with Gasteiger partial charge in [-0.25, -0.2) is 8.42 Å². The number of nitrogens with two attached hydrogens (primary N) is 1. The second-order valence-electron chi connectivity index (χ2n) is 5.52. The van der Waals surface area contributed by atoms with Crippen molar-refractivity contribution in [1.82, 2.24) is 0 Å². The van der Waals surface area contributed by atoms with Crippen molar-refractivity contribution in [1.29, 1.82) is 0 Å². The fraction of sp³-hybridized carbons (Fsp3) is 0.538. The number of hydrogen-bond donors (Lipinski definition) is 1. The van der Waals surface area contributed by atoms with Crippen LogP contribution in [0.3, 0.4) is 0 Å². The molecule has 0 aliphatic rings. The number of sulfone groups is 1. The maximum atomic E-state index is 12.2. The number of aryl methyl sites for hydroxylation is 1. The maximum Gasteiger partial charge on any atom is 0.180 e. The highest BCUT2D eigenvalue weighted by molar-refractivity contribution is 7.91. The molecule has 0 heterocycles. The van der Waals surface area contributed by atoms with Crippen molar-refractivity contribution in [3.05, 3.63) is 29.8 Å². The lowest BCUT2D eigenvalue weighted by molar-refractivity contribution is 0.340. The van der Waals surface area contributed by atoms with Gasteiger partial charge in [-0.2, -0.15) is 0 Å². The molecule has 0 saturated carbocycles. The van der Waals surface area contributed by atoms with E-state index < -0.39 is 9.84 Å². The van der Waals surface area contributed by atoms with Crippen LogP contribution >= 0.6 is 0 Å². The summed E-state index contributed by atoms with van der Waals surface area (Å²) in [5, 5.41) is 0. The smallest absolute Gasteiger partial charge is 0.180 e. The van der Waals surface area contributed by atoms with E-state index in [-0.39, 0.29) is 17.2 Å². The summed E-state index contributed by atoms with van der Waals surface area (Å²) in [7, 11) is -3.30. The summed E-state index contributed by atoms with van der Waals surface area (Å²) in [6.45, 7) is 7.65. The Morgan fingerprint density at radius 2 is 1.76 bits per heavy atom. The monoisotopic (exact) mass is 255 g/mol. The molecule has 0 spiro atoms. The summed E-state index contributed by atoms with van der Waals surface area (Å²) in [5.74, 6) is -0.0125. The summed E-state index contributed by atoms with van der Waals surface area (Å²) in [4.78, 5) is 0.389. The van der Waals surface area contributed by atoms with Crippen molar-refractivity contribution in [2.75, 3.05) is 5.75 Å². The third-order valence-electron chi connectivity index (χ3n) is 2.94. The van der Waals surface area contributed by atoms with Gasteiger partial charge in [0.25, 0.3) is 0 Å². The standard InChI is InChI=1S/C13H21NO2S/c1-10-7-5-6-8-11(10)17(15,16)9-12(14)13(2,3)4/h5-8,12H,9,14H2,1-4H3. The van der Waals surface area contributed by atoms with Gasteiger partial charge in [0.2, 0.25) is 0 Å².